The molecule has 1 aliphatic rings. The summed E-state index contributed by atoms with van der Waals surface area (Å²) in [5.41, 5.74) is 1.03. The molecule has 0 aliphatic heterocycles. The molecule has 1 aromatic rings. The molecule has 0 aromatic heterocycles. The summed E-state index contributed by atoms with van der Waals surface area (Å²) in [7, 11) is 0. The van der Waals surface area contributed by atoms with E-state index in [-0.39, 0.29) is 12.2 Å². The van der Waals surface area contributed by atoms with Crippen LogP contribution in [0.5, 0.6) is 5.75 Å². The van der Waals surface area contributed by atoms with E-state index in [1.54, 1.807) is 0 Å². The van der Waals surface area contributed by atoms with Gasteiger partial charge in [0.1, 0.15) is 5.75 Å². The minimum atomic E-state index is -0.315. The average molecular weight is 262 g/mol. The van der Waals surface area contributed by atoms with Crippen LogP contribution in [0.4, 0.5) is 0 Å². The number of hydrogen-bond donors (Lipinski definition) is 1. The molecule has 0 amide bonds. The van der Waals surface area contributed by atoms with Crippen molar-refractivity contribution < 1.29 is 9.84 Å². The Bertz CT molecular complexity index is 383. The molecule has 0 radical (unpaired) electrons. The monoisotopic (exact) mass is 262 g/mol. The summed E-state index contributed by atoms with van der Waals surface area (Å²) in [4.78, 5) is 0. The summed E-state index contributed by atoms with van der Waals surface area (Å²) in [6.07, 6.45) is 4.71. The maximum Gasteiger partial charge on any atom is 0.119 e. The topological polar surface area (TPSA) is 29.5 Å². The maximum atomic E-state index is 10.5. The van der Waals surface area contributed by atoms with Crippen LogP contribution in [0.1, 0.15) is 58.1 Å². The standard InChI is InChI=1S/C17H26O2/c1-4-13-5-6-15(11-13)17(18)14-7-9-16(10-8-14)19-12(2)3/h7-10,12-13,15,17-18H,4-6,11H2,1-3H3. The molecule has 1 N–H and O–H groups in total. The largest absolute Gasteiger partial charge is 0.491 e. The van der Waals surface area contributed by atoms with Crippen molar-refractivity contribution in [3.63, 3.8) is 0 Å². The third-order valence-corrected chi connectivity index (χ3v) is 4.20. The van der Waals surface area contributed by atoms with Gasteiger partial charge in [0.25, 0.3) is 0 Å². The van der Waals surface area contributed by atoms with E-state index in [0.29, 0.717) is 5.92 Å². The third kappa shape index (κ3) is 3.73. The minimum Gasteiger partial charge on any atom is -0.491 e. The molecular weight excluding hydrogens is 236 g/mol. The quantitative estimate of drug-likeness (QED) is 0.855. The Morgan fingerprint density at radius 1 is 1.21 bits per heavy atom. The van der Waals surface area contributed by atoms with Gasteiger partial charge in [-0.25, -0.2) is 0 Å². The van der Waals surface area contributed by atoms with Crippen LogP contribution in [0, 0.1) is 11.8 Å². The lowest BCUT2D eigenvalue weighted by molar-refractivity contribution is 0.109. The molecule has 0 bridgehead atoms. The number of rotatable bonds is 5. The number of aliphatic hydroxyl groups excluding tert-OH is 1. The van der Waals surface area contributed by atoms with Gasteiger partial charge in [0.15, 0.2) is 0 Å². The summed E-state index contributed by atoms with van der Waals surface area (Å²) in [6, 6.07) is 7.93. The summed E-state index contributed by atoms with van der Waals surface area (Å²) < 4.78 is 5.63. The van der Waals surface area contributed by atoms with Crippen LogP contribution < -0.4 is 4.74 Å². The molecule has 1 aliphatic carbocycles. The predicted octanol–water partition coefficient (Wildman–Crippen LogP) is 4.33. The first-order valence-electron chi connectivity index (χ1n) is 7.54. The highest BCUT2D eigenvalue weighted by atomic mass is 16.5. The molecule has 0 spiro atoms. The number of aliphatic hydroxyl groups is 1. The fourth-order valence-electron chi connectivity index (χ4n) is 3.06. The summed E-state index contributed by atoms with van der Waals surface area (Å²) >= 11 is 0. The van der Waals surface area contributed by atoms with E-state index in [1.807, 2.05) is 38.1 Å². The Hall–Kier alpha value is -1.02. The summed E-state index contributed by atoms with van der Waals surface area (Å²) in [6.45, 7) is 6.29. The fraction of sp³-hybridized carbons (Fsp3) is 0.647. The van der Waals surface area contributed by atoms with Crippen molar-refractivity contribution in [3.8, 4) is 5.75 Å². The summed E-state index contributed by atoms with van der Waals surface area (Å²) in [5, 5.41) is 10.5. The number of ether oxygens (including phenoxy) is 1. The molecule has 3 atom stereocenters. The molecule has 3 unspecified atom stereocenters. The highest BCUT2D eigenvalue weighted by Crippen LogP contribution is 2.40. The van der Waals surface area contributed by atoms with Crippen LogP contribution in [0.25, 0.3) is 0 Å². The van der Waals surface area contributed by atoms with E-state index in [9.17, 15) is 5.11 Å². The highest BCUT2D eigenvalue weighted by Gasteiger charge is 2.29. The van der Waals surface area contributed by atoms with Gasteiger partial charge >= 0.3 is 0 Å². The van der Waals surface area contributed by atoms with E-state index in [1.165, 1.54) is 19.3 Å². The molecule has 106 valence electrons. The van der Waals surface area contributed by atoms with Crippen molar-refractivity contribution in [1.82, 2.24) is 0 Å². The SMILES string of the molecule is CCC1CCC(C(O)c2ccc(OC(C)C)cc2)C1. The average Bonchev–Trinajstić information content (AvgIpc) is 2.87. The molecule has 2 nitrogen and oxygen atoms in total. The lowest BCUT2D eigenvalue weighted by Gasteiger charge is -2.19. The Morgan fingerprint density at radius 3 is 2.42 bits per heavy atom. The van der Waals surface area contributed by atoms with Crippen molar-refractivity contribution in [2.24, 2.45) is 11.8 Å². The van der Waals surface area contributed by atoms with Crippen molar-refractivity contribution >= 4 is 0 Å². The zero-order valence-electron chi connectivity index (χ0n) is 12.3. The first-order valence-corrected chi connectivity index (χ1v) is 7.54. The molecule has 1 saturated carbocycles. The molecule has 1 aromatic carbocycles. The van der Waals surface area contributed by atoms with Crippen LogP contribution in [-0.2, 0) is 0 Å². The second kappa shape index (κ2) is 6.42. The normalized spacial score (nSPS) is 24.7. The van der Waals surface area contributed by atoms with Crippen LogP contribution in [-0.4, -0.2) is 11.2 Å². The first-order chi connectivity index (χ1) is 9.10. The van der Waals surface area contributed by atoms with Crippen LogP contribution in [0.2, 0.25) is 0 Å². The minimum absolute atomic E-state index is 0.191. The van der Waals surface area contributed by atoms with Gasteiger partial charge in [-0.3, -0.25) is 0 Å². The molecule has 0 heterocycles. The second-order valence-electron chi connectivity index (χ2n) is 6.03. The van der Waals surface area contributed by atoms with Crippen molar-refractivity contribution in [2.75, 3.05) is 0 Å². The van der Waals surface area contributed by atoms with Gasteiger partial charge in [0.2, 0.25) is 0 Å². The summed E-state index contributed by atoms with van der Waals surface area (Å²) in [5.74, 6) is 2.12. The van der Waals surface area contributed by atoms with Gasteiger partial charge in [0.05, 0.1) is 12.2 Å². The van der Waals surface area contributed by atoms with Crippen LogP contribution in [0.3, 0.4) is 0 Å². The Kier molecular flexibility index (Phi) is 4.87. The zero-order valence-corrected chi connectivity index (χ0v) is 12.3. The Labute approximate surface area is 116 Å². The van der Waals surface area contributed by atoms with E-state index in [2.05, 4.69) is 6.92 Å². The van der Waals surface area contributed by atoms with Gasteiger partial charge in [-0.2, -0.15) is 0 Å². The van der Waals surface area contributed by atoms with Crippen LogP contribution >= 0.6 is 0 Å². The van der Waals surface area contributed by atoms with Crippen molar-refractivity contribution in [2.45, 2.75) is 58.7 Å². The van der Waals surface area contributed by atoms with E-state index < -0.39 is 0 Å². The Morgan fingerprint density at radius 2 is 1.89 bits per heavy atom. The van der Waals surface area contributed by atoms with E-state index in [0.717, 1.165) is 23.7 Å². The zero-order chi connectivity index (χ0) is 13.8. The third-order valence-electron chi connectivity index (χ3n) is 4.20. The van der Waals surface area contributed by atoms with Gasteiger partial charge in [-0.1, -0.05) is 31.9 Å². The molecule has 1 fully saturated rings. The lowest BCUT2D eigenvalue weighted by atomic mass is 9.93. The maximum absolute atomic E-state index is 10.5. The van der Waals surface area contributed by atoms with Gasteiger partial charge in [-0.05, 0) is 56.2 Å². The molecular formula is C17H26O2. The van der Waals surface area contributed by atoms with Gasteiger partial charge in [-0.15, -0.1) is 0 Å². The molecule has 2 rings (SSSR count). The number of hydrogen-bond acceptors (Lipinski definition) is 2. The van der Waals surface area contributed by atoms with Crippen molar-refractivity contribution in [1.29, 1.82) is 0 Å². The first kappa shape index (κ1) is 14.4. The molecule has 19 heavy (non-hydrogen) atoms. The van der Waals surface area contributed by atoms with Crippen molar-refractivity contribution in [3.05, 3.63) is 29.8 Å². The smallest absolute Gasteiger partial charge is 0.119 e. The number of benzene rings is 1. The lowest BCUT2D eigenvalue weighted by Crippen LogP contribution is -2.10. The molecule has 0 saturated heterocycles. The van der Waals surface area contributed by atoms with Crippen LogP contribution in [0.15, 0.2) is 24.3 Å². The Balaban J connectivity index is 1.97. The predicted molar refractivity (Wildman–Crippen MR) is 78.3 cm³/mol. The van der Waals surface area contributed by atoms with E-state index in [4.69, 9.17) is 4.74 Å². The highest BCUT2D eigenvalue weighted by molar-refractivity contribution is 5.29. The second-order valence-corrected chi connectivity index (χ2v) is 6.03. The van der Waals surface area contributed by atoms with Gasteiger partial charge in [0, 0.05) is 0 Å². The van der Waals surface area contributed by atoms with E-state index >= 15 is 0 Å². The molecule has 2 heteroatoms. The van der Waals surface area contributed by atoms with Gasteiger partial charge < -0.3 is 9.84 Å². The fourth-order valence-corrected chi connectivity index (χ4v) is 3.06.